The minimum atomic E-state index is -1.23. The van der Waals surface area contributed by atoms with Crippen LogP contribution in [0.2, 0.25) is 0 Å². The Hall–Kier alpha value is -2.42. The molecule has 0 saturated heterocycles. The van der Waals surface area contributed by atoms with Crippen LogP contribution in [0.3, 0.4) is 0 Å². The van der Waals surface area contributed by atoms with Gasteiger partial charge < -0.3 is 25.5 Å². The maximum absolute atomic E-state index is 12.2. The first-order valence-electron chi connectivity index (χ1n) is 7.40. The normalized spacial score (nSPS) is 13.2. The fourth-order valence-electron chi connectivity index (χ4n) is 1.70. The number of carbonyl (C=O) groups is 3. The summed E-state index contributed by atoms with van der Waals surface area (Å²) in [4.78, 5) is 39.4. The molecule has 24 heavy (non-hydrogen) atoms. The molecular weight excluding hydrogens is 316 g/mol. The number of hydrogen-bond donors (Lipinski definition) is 3. The molecule has 0 aliphatic heterocycles. The summed E-state index contributed by atoms with van der Waals surface area (Å²) in [5.74, 6) is -3.50. The molecule has 1 aromatic rings. The summed E-state index contributed by atoms with van der Waals surface area (Å²) in [5.41, 5.74) is 3.53. The molecule has 0 spiro atoms. The quantitative estimate of drug-likeness (QED) is 0.508. The number of esters is 1. The van der Waals surface area contributed by atoms with E-state index in [1.165, 1.54) is 30.9 Å². The zero-order chi connectivity index (χ0) is 18.7. The molecule has 1 heterocycles. The molecule has 1 unspecified atom stereocenters. The summed E-state index contributed by atoms with van der Waals surface area (Å²) >= 11 is 0. The summed E-state index contributed by atoms with van der Waals surface area (Å²) in [7, 11) is 0. The van der Waals surface area contributed by atoms with Crippen molar-refractivity contribution in [3.05, 3.63) is 12.5 Å². The van der Waals surface area contributed by atoms with Crippen LogP contribution in [0.25, 0.3) is 0 Å². The number of nitrogens with two attached hydrogens (primary N) is 1. The second-order valence-corrected chi connectivity index (χ2v) is 6.84. The van der Waals surface area contributed by atoms with E-state index in [-0.39, 0.29) is 12.4 Å². The van der Waals surface area contributed by atoms with Crippen LogP contribution >= 0.6 is 0 Å². The largest absolute Gasteiger partial charge is 0.480 e. The fraction of sp³-hybridized carbons (Fsp3) is 0.600. The van der Waals surface area contributed by atoms with E-state index >= 15 is 0 Å². The van der Waals surface area contributed by atoms with E-state index in [4.69, 9.17) is 10.5 Å². The van der Waals surface area contributed by atoms with Crippen LogP contribution in [0.5, 0.6) is 0 Å². The Morgan fingerprint density at radius 1 is 1.33 bits per heavy atom. The summed E-state index contributed by atoms with van der Waals surface area (Å²) in [6.45, 7) is 7.82. The van der Waals surface area contributed by atoms with Gasteiger partial charge in [-0.3, -0.25) is 9.59 Å². The molecule has 9 heteroatoms. The molecule has 0 aliphatic carbocycles. The minimum Gasteiger partial charge on any atom is -0.480 e. The number of ether oxygens (including phenoxy) is 1. The van der Waals surface area contributed by atoms with Gasteiger partial charge in [-0.1, -0.05) is 0 Å². The number of nitrogens with one attached hydrogen (secondary N) is 1. The van der Waals surface area contributed by atoms with Gasteiger partial charge in [-0.05, 0) is 34.6 Å². The molecule has 134 valence electrons. The molecule has 0 aliphatic rings. The number of amides is 1. The van der Waals surface area contributed by atoms with Gasteiger partial charge in [0.2, 0.25) is 5.91 Å². The number of aliphatic carboxylic acids is 1. The minimum absolute atomic E-state index is 0.122. The number of aromatic nitrogens is 2. The average molecular weight is 340 g/mol. The lowest BCUT2D eigenvalue weighted by Gasteiger charge is -2.22. The summed E-state index contributed by atoms with van der Waals surface area (Å²) < 4.78 is 6.50. The molecular formula is C15H24N4O5. The highest BCUT2D eigenvalue weighted by Crippen LogP contribution is 2.18. The molecule has 0 fully saturated rings. The third kappa shape index (κ3) is 4.79. The number of imidazole rings is 1. The molecule has 9 nitrogen and oxygen atoms in total. The predicted molar refractivity (Wildman–Crippen MR) is 86.2 cm³/mol. The lowest BCUT2D eigenvalue weighted by Crippen LogP contribution is -2.39. The Morgan fingerprint density at radius 2 is 1.92 bits per heavy atom. The molecule has 0 bridgehead atoms. The van der Waals surface area contributed by atoms with Crippen molar-refractivity contribution in [1.82, 2.24) is 9.55 Å². The summed E-state index contributed by atoms with van der Waals surface area (Å²) in [6, 6.07) is 0. The van der Waals surface area contributed by atoms with Gasteiger partial charge in [0, 0.05) is 12.7 Å². The Balaban J connectivity index is 2.85. The molecule has 0 radical (unpaired) electrons. The van der Waals surface area contributed by atoms with Crippen molar-refractivity contribution in [2.24, 2.45) is 11.7 Å². The van der Waals surface area contributed by atoms with Crippen LogP contribution in [0.1, 0.15) is 34.6 Å². The van der Waals surface area contributed by atoms with E-state index in [1.54, 1.807) is 20.8 Å². The van der Waals surface area contributed by atoms with Crippen molar-refractivity contribution < 1.29 is 24.2 Å². The smallest absolute Gasteiger partial charge is 0.329 e. The maximum atomic E-state index is 12.2. The predicted octanol–water partition coefficient (Wildman–Crippen LogP) is 0.558. The van der Waals surface area contributed by atoms with Crippen LogP contribution in [-0.2, 0) is 24.7 Å². The Bertz CT molecular complexity index is 630. The number of carboxylic acid groups (broad SMARTS) is 1. The van der Waals surface area contributed by atoms with Gasteiger partial charge in [-0.25, -0.2) is 9.78 Å². The first kappa shape index (κ1) is 19.6. The van der Waals surface area contributed by atoms with E-state index in [2.05, 4.69) is 10.3 Å². The van der Waals surface area contributed by atoms with Crippen molar-refractivity contribution in [2.75, 3.05) is 11.9 Å². The third-order valence-corrected chi connectivity index (χ3v) is 3.25. The SMILES string of the molecule is CC(C)(C)OC(=O)C(CN)C(=O)Nc1cn(C(C)(C)C(=O)O)cn1. The van der Waals surface area contributed by atoms with Crippen LogP contribution in [0, 0.1) is 5.92 Å². The molecule has 0 aromatic carbocycles. The van der Waals surface area contributed by atoms with Crippen LogP contribution in [-0.4, -0.2) is 44.6 Å². The number of hydrogen-bond acceptors (Lipinski definition) is 6. The monoisotopic (exact) mass is 340 g/mol. The van der Waals surface area contributed by atoms with Crippen molar-refractivity contribution >= 4 is 23.7 Å². The maximum Gasteiger partial charge on any atom is 0.329 e. The van der Waals surface area contributed by atoms with Crippen molar-refractivity contribution in [1.29, 1.82) is 0 Å². The Labute approximate surface area is 140 Å². The highest BCUT2D eigenvalue weighted by molar-refractivity contribution is 6.04. The van der Waals surface area contributed by atoms with Crippen LogP contribution < -0.4 is 11.1 Å². The molecule has 0 saturated carbocycles. The second kappa shape index (κ2) is 7.00. The molecule has 1 rings (SSSR count). The Morgan fingerprint density at radius 3 is 2.38 bits per heavy atom. The molecule has 1 atom stereocenters. The lowest BCUT2D eigenvalue weighted by molar-refractivity contribution is -0.161. The second-order valence-electron chi connectivity index (χ2n) is 6.84. The van der Waals surface area contributed by atoms with Gasteiger partial charge in [-0.2, -0.15) is 0 Å². The first-order chi connectivity index (χ1) is 10.9. The fourth-order valence-corrected chi connectivity index (χ4v) is 1.70. The van der Waals surface area contributed by atoms with Gasteiger partial charge in [0.25, 0.3) is 0 Å². The van der Waals surface area contributed by atoms with Gasteiger partial charge >= 0.3 is 11.9 Å². The van der Waals surface area contributed by atoms with Crippen molar-refractivity contribution in [3.8, 4) is 0 Å². The average Bonchev–Trinajstić information content (AvgIpc) is 2.86. The standard InChI is InChI=1S/C15H24N4O5/c1-14(2,3)24-12(21)9(6-16)11(20)18-10-7-19(8-17-10)15(4,5)13(22)23/h7-9H,6,16H2,1-5H3,(H,18,20)(H,22,23). The zero-order valence-corrected chi connectivity index (χ0v) is 14.5. The number of carboxylic acids is 1. The van der Waals surface area contributed by atoms with E-state index < -0.39 is 34.9 Å². The first-order valence-corrected chi connectivity index (χ1v) is 7.40. The van der Waals surface area contributed by atoms with Gasteiger partial charge in [-0.15, -0.1) is 0 Å². The van der Waals surface area contributed by atoms with Crippen molar-refractivity contribution in [3.63, 3.8) is 0 Å². The molecule has 1 amide bonds. The van der Waals surface area contributed by atoms with E-state index in [9.17, 15) is 19.5 Å². The van der Waals surface area contributed by atoms with Gasteiger partial charge in [0.15, 0.2) is 5.82 Å². The number of carbonyl (C=O) groups excluding carboxylic acids is 2. The summed E-state index contributed by atoms with van der Waals surface area (Å²) in [6.07, 6.45) is 2.66. The van der Waals surface area contributed by atoms with Crippen molar-refractivity contribution in [2.45, 2.75) is 45.8 Å². The molecule has 1 aromatic heterocycles. The van der Waals surface area contributed by atoms with Gasteiger partial charge in [0.05, 0.1) is 6.33 Å². The summed E-state index contributed by atoms with van der Waals surface area (Å²) in [5, 5.41) is 11.6. The Kier molecular flexibility index (Phi) is 5.72. The number of rotatable bonds is 6. The highest BCUT2D eigenvalue weighted by Gasteiger charge is 2.32. The lowest BCUT2D eigenvalue weighted by atomic mass is 10.1. The molecule has 4 N–H and O–H groups in total. The highest BCUT2D eigenvalue weighted by atomic mass is 16.6. The van der Waals surface area contributed by atoms with Crippen LogP contribution in [0.15, 0.2) is 12.5 Å². The van der Waals surface area contributed by atoms with E-state index in [0.29, 0.717) is 0 Å². The van der Waals surface area contributed by atoms with E-state index in [0.717, 1.165) is 0 Å². The third-order valence-electron chi connectivity index (χ3n) is 3.25. The van der Waals surface area contributed by atoms with Gasteiger partial charge in [0.1, 0.15) is 17.1 Å². The number of nitrogens with zero attached hydrogens (tertiary/aromatic N) is 2. The topological polar surface area (TPSA) is 137 Å². The zero-order valence-electron chi connectivity index (χ0n) is 14.5. The van der Waals surface area contributed by atoms with E-state index in [1.807, 2.05) is 0 Å². The number of anilines is 1. The van der Waals surface area contributed by atoms with Crippen LogP contribution in [0.4, 0.5) is 5.82 Å².